The highest BCUT2D eigenvalue weighted by Gasteiger charge is 2.62. The van der Waals surface area contributed by atoms with E-state index in [4.69, 9.17) is 4.84 Å². The molecule has 13 nitrogen and oxygen atoms in total. The van der Waals surface area contributed by atoms with Crippen LogP contribution in [0.15, 0.2) is 53.7 Å². The molecule has 4 N–H and O–H groups in total. The minimum Gasteiger partial charge on any atom is -0.390 e. The van der Waals surface area contributed by atoms with Gasteiger partial charge in [0.1, 0.15) is 29.4 Å². The van der Waals surface area contributed by atoms with Gasteiger partial charge in [0.2, 0.25) is 21.8 Å². The van der Waals surface area contributed by atoms with Crippen molar-refractivity contribution < 1.29 is 32.4 Å². The highest BCUT2D eigenvalue weighted by Crippen LogP contribution is 2.47. The highest BCUT2D eigenvalue weighted by molar-refractivity contribution is 7.91. The van der Waals surface area contributed by atoms with E-state index in [2.05, 4.69) is 50.1 Å². The summed E-state index contributed by atoms with van der Waals surface area (Å²) in [5.41, 5.74) is 3.34. The number of nitrogens with zero attached hydrogens (tertiary/aromatic N) is 2. The minimum atomic E-state index is -3.85. The first-order chi connectivity index (χ1) is 25.2. The number of oxime groups is 1. The van der Waals surface area contributed by atoms with Crippen molar-refractivity contribution in [2.45, 2.75) is 102 Å². The Labute approximate surface area is 310 Å². The van der Waals surface area contributed by atoms with E-state index >= 15 is 0 Å². The van der Waals surface area contributed by atoms with Gasteiger partial charge in [0.25, 0.3) is 5.91 Å². The van der Waals surface area contributed by atoms with Crippen LogP contribution in [-0.4, -0.2) is 84.8 Å². The van der Waals surface area contributed by atoms with Crippen LogP contribution in [0, 0.1) is 11.3 Å². The topological polar surface area (TPSA) is 175 Å². The summed E-state index contributed by atoms with van der Waals surface area (Å²) in [4.78, 5) is 63.1. The van der Waals surface area contributed by atoms with E-state index in [9.17, 15) is 27.6 Å². The number of carbonyl (C=O) groups is 4. The van der Waals surface area contributed by atoms with Crippen molar-refractivity contribution in [1.29, 1.82) is 0 Å². The molecule has 2 aliphatic heterocycles. The second-order valence-corrected chi connectivity index (χ2v) is 17.9. The Morgan fingerprint density at radius 2 is 1.79 bits per heavy atom. The van der Waals surface area contributed by atoms with Crippen LogP contribution in [0.25, 0.3) is 17.2 Å². The summed E-state index contributed by atoms with van der Waals surface area (Å²) in [6.45, 7) is 7.76. The quantitative estimate of drug-likeness (QED) is 0.297. The van der Waals surface area contributed by atoms with Crippen molar-refractivity contribution in [2.75, 3.05) is 13.1 Å². The predicted molar refractivity (Wildman–Crippen MR) is 200 cm³/mol. The van der Waals surface area contributed by atoms with Gasteiger partial charge in [-0.2, -0.15) is 0 Å². The SMILES string of the molecule is CC[C@@H]1CC1(NC(=O)C1CC2CN1C(=O)[C@H](C(C)(C)C)NC(=O)NCCC/C=C/c1ccc3c(c1)/C(=N/O2)c1ccccc1-3)C(=O)NS(=O)(=O)C1CC1. The first-order valence-electron chi connectivity index (χ1n) is 18.6. The zero-order valence-electron chi connectivity index (χ0n) is 30.6. The van der Waals surface area contributed by atoms with Crippen LogP contribution in [-0.2, 0) is 29.2 Å². The predicted octanol–water partition coefficient (Wildman–Crippen LogP) is 3.82. The Hall–Kier alpha value is -4.72. The number of hydrogen-bond donors (Lipinski definition) is 4. The number of allylic oxidation sites excluding steroid dienone is 1. The Kier molecular flexibility index (Phi) is 9.62. The summed E-state index contributed by atoms with van der Waals surface area (Å²) >= 11 is 0. The van der Waals surface area contributed by atoms with Gasteiger partial charge in [0.05, 0.1) is 11.8 Å². The number of urea groups is 1. The number of nitrogens with one attached hydrogen (secondary N) is 4. The average molecular weight is 745 g/mol. The van der Waals surface area contributed by atoms with E-state index < -0.39 is 68.2 Å². The molecule has 3 unspecified atom stereocenters. The molecule has 0 radical (unpaired) electrons. The lowest BCUT2D eigenvalue weighted by Gasteiger charge is -2.35. The van der Waals surface area contributed by atoms with Crippen LogP contribution in [0.4, 0.5) is 4.79 Å². The molecule has 0 aromatic heterocycles. The van der Waals surface area contributed by atoms with Crippen molar-refractivity contribution in [3.63, 3.8) is 0 Å². The van der Waals surface area contributed by atoms with E-state index in [1.165, 1.54) is 4.90 Å². The molecule has 5 aliphatic rings. The van der Waals surface area contributed by atoms with Crippen molar-refractivity contribution in [3.05, 3.63) is 65.2 Å². The van der Waals surface area contributed by atoms with Gasteiger partial charge in [-0.05, 0) is 66.2 Å². The lowest BCUT2D eigenvalue weighted by molar-refractivity contribution is -0.142. The number of amides is 5. The highest BCUT2D eigenvalue weighted by atomic mass is 32.2. The van der Waals surface area contributed by atoms with Crippen LogP contribution in [0.1, 0.15) is 89.3 Å². The van der Waals surface area contributed by atoms with Crippen molar-refractivity contribution >= 4 is 45.6 Å². The summed E-state index contributed by atoms with van der Waals surface area (Å²) in [7, 11) is -3.85. The number of fused-ring (bicyclic) bond motifs is 6. The lowest BCUT2D eigenvalue weighted by atomic mass is 9.85. The van der Waals surface area contributed by atoms with Gasteiger partial charge in [-0.1, -0.05) is 87.8 Å². The molecule has 53 heavy (non-hydrogen) atoms. The van der Waals surface area contributed by atoms with E-state index in [0.717, 1.165) is 34.2 Å². The molecule has 5 atom stereocenters. The third-order valence-electron chi connectivity index (χ3n) is 11.0. The number of benzene rings is 2. The molecule has 2 aromatic carbocycles. The molecule has 3 fully saturated rings. The van der Waals surface area contributed by atoms with Gasteiger partial charge in [0.15, 0.2) is 0 Å². The molecule has 2 aromatic rings. The smallest absolute Gasteiger partial charge is 0.315 e. The Morgan fingerprint density at radius 3 is 2.49 bits per heavy atom. The molecule has 3 aliphatic carbocycles. The standard InChI is InChI=1S/C39H48N6O7S/c1-5-24-21-39(24,36(48)44-53(50,51)26-15-16-26)42-34(46)31-20-25-22-45(31)35(47)33(38(2,3)4)41-37(49)40-18-10-6-7-11-23-14-17-28-27-12-8-9-13-29(27)32(43-52-25)30(28)19-23/h7-9,11-14,17,19,24-26,31,33H,5-6,10,15-16,18,20-22H2,1-4H3,(H,42,46)(H,44,48)(H2,40,41,49)/b11-7+,43-32+/t24-,25?,31?,33-,39?/m1/s1. The zero-order valence-corrected chi connectivity index (χ0v) is 31.4. The second kappa shape index (κ2) is 13.9. The van der Waals surface area contributed by atoms with Crippen LogP contribution in [0.5, 0.6) is 0 Å². The molecular weight excluding hydrogens is 697 g/mol. The maximum Gasteiger partial charge on any atom is 0.315 e. The van der Waals surface area contributed by atoms with Gasteiger partial charge in [0, 0.05) is 24.1 Å². The lowest BCUT2D eigenvalue weighted by Crippen LogP contribution is -2.61. The van der Waals surface area contributed by atoms with Gasteiger partial charge in [-0.3, -0.25) is 19.1 Å². The molecule has 282 valence electrons. The Bertz CT molecular complexity index is 2000. The first-order valence-corrected chi connectivity index (χ1v) is 20.1. The molecule has 7 rings (SSSR count). The molecule has 2 saturated carbocycles. The average Bonchev–Trinajstić information content (AvgIpc) is 4.03. The van der Waals surface area contributed by atoms with E-state index in [1.54, 1.807) is 0 Å². The third kappa shape index (κ3) is 7.29. The van der Waals surface area contributed by atoms with E-state index in [1.807, 2.05) is 58.0 Å². The summed E-state index contributed by atoms with van der Waals surface area (Å²) in [6.07, 6.45) is 6.65. The van der Waals surface area contributed by atoms with Crippen molar-refractivity contribution in [1.82, 2.24) is 25.6 Å². The zero-order chi connectivity index (χ0) is 37.7. The fraction of sp³-hybridized carbons (Fsp3) is 0.513. The number of carbonyl (C=O) groups excluding carboxylic acids is 4. The molecule has 5 amide bonds. The van der Waals surface area contributed by atoms with Crippen molar-refractivity contribution in [3.8, 4) is 11.1 Å². The fourth-order valence-electron chi connectivity index (χ4n) is 7.69. The maximum absolute atomic E-state index is 14.5. The first kappa shape index (κ1) is 36.6. The number of hydrogen-bond acceptors (Lipinski definition) is 8. The van der Waals surface area contributed by atoms with Gasteiger partial charge in [-0.25, -0.2) is 13.2 Å². The van der Waals surface area contributed by atoms with E-state index in [-0.39, 0.29) is 25.3 Å². The molecule has 1 saturated heterocycles. The van der Waals surface area contributed by atoms with Crippen LogP contribution in [0.3, 0.4) is 0 Å². The van der Waals surface area contributed by atoms with E-state index in [0.29, 0.717) is 37.9 Å². The Balaban J connectivity index is 1.22. The number of rotatable bonds is 6. The molecule has 14 heteroatoms. The molecule has 0 spiro atoms. The van der Waals surface area contributed by atoms with Gasteiger partial charge < -0.3 is 25.7 Å². The molecular formula is C39H48N6O7S. The summed E-state index contributed by atoms with van der Waals surface area (Å²) in [5, 5.41) is 12.7. The molecule has 2 heterocycles. The fourth-order valence-corrected chi connectivity index (χ4v) is 9.05. The van der Waals surface area contributed by atoms with Crippen LogP contribution in [0.2, 0.25) is 0 Å². The van der Waals surface area contributed by atoms with Crippen LogP contribution >= 0.6 is 0 Å². The third-order valence-corrected chi connectivity index (χ3v) is 12.8. The minimum absolute atomic E-state index is 0.00662. The number of sulfonamides is 1. The van der Waals surface area contributed by atoms with Crippen LogP contribution < -0.4 is 20.7 Å². The maximum atomic E-state index is 14.5. The Morgan fingerprint density at radius 1 is 1.06 bits per heavy atom. The summed E-state index contributed by atoms with van der Waals surface area (Å²) in [5.74, 6) is -2.11. The summed E-state index contributed by atoms with van der Waals surface area (Å²) < 4.78 is 27.7. The second-order valence-electron chi connectivity index (χ2n) is 15.9. The normalized spacial score (nSPS) is 28.8. The largest absolute Gasteiger partial charge is 0.390 e. The summed E-state index contributed by atoms with van der Waals surface area (Å²) in [6, 6.07) is 11.5. The van der Waals surface area contributed by atoms with Gasteiger partial charge in [-0.15, -0.1) is 0 Å². The van der Waals surface area contributed by atoms with Gasteiger partial charge >= 0.3 is 6.03 Å². The monoisotopic (exact) mass is 744 g/mol. The van der Waals surface area contributed by atoms with Crippen molar-refractivity contribution in [2.24, 2.45) is 16.5 Å². The molecule has 4 bridgehead atoms.